The largest absolute Gasteiger partial charge is 0.387 e. The van der Waals surface area contributed by atoms with E-state index in [0.29, 0.717) is 11.5 Å². The van der Waals surface area contributed by atoms with Crippen LogP contribution >= 0.6 is 15.9 Å². The summed E-state index contributed by atoms with van der Waals surface area (Å²) in [5, 5.41) is 12.4. The average Bonchev–Trinajstić information content (AvgIpc) is 2.67. The van der Waals surface area contributed by atoms with Gasteiger partial charge in [-0.1, -0.05) is 5.16 Å². The molecule has 14 heavy (non-hydrogen) atoms. The first-order valence-corrected chi connectivity index (χ1v) is 4.65. The van der Waals surface area contributed by atoms with Crippen LogP contribution in [0.4, 0.5) is 0 Å². The van der Waals surface area contributed by atoms with E-state index in [-0.39, 0.29) is 12.5 Å². The lowest BCUT2D eigenvalue weighted by molar-refractivity contribution is 0.222. The Kier molecular flexibility index (Phi) is 2.55. The first-order chi connectivity index (χ1) is 6.81. The Morgan fingerprint density at radius 1 is 1.50 bits per heavy atom. The average molecular weight is 256 g/mol. The molecule has 2 heterocycles. The minimum Gasteiger partial charge on any atom is -0.387 e. The van der Waals surface area contributed by atoms with Crippen LogP contribution in [0.2, 0.25) is 0 Å². The van der Waals surface area contributed by atoms with Crippen LogP contribution in [0.15, 0.2) is 27.3 Å². The first-order valence-electron chi connectivity index (χ1n) is 3.85. The minimum absolute atomic E-state index is 0.178. The standard InChI is InChI=1S/C8H6BrN3O2/c9-5-2-1-3-10-7(5)8-11-6(4-13)14-12-8/h1-3,13H,4H2. The van der Waals surface area contributed by atoms with Gasteiger partial charge in [-0.3, -0.25) is 4.98 Å². The van der Waals surface area contributed by atoms with Gasteiger partial charge >= 0.3 is 0 Å². The summed E-state index contributed by atoms with van der Waals surface area (Å²) in [4.78, 5) is 8.02. The van der Waals surface area contributed by atoms with E-state index in [9.17, 15) is 0 Å². The maximum Gasteiger partial charge on any atom is 0.252 e. The molecule has 0 aliphatic rings. The molecule has 0 atom stereocenters. The molecular weight excluding hydrogens is 250 g/mol. The van der Waals surface area contributed by atoms with E-state index in [2.05, 4.69) is 31.1 Å². The van der Waals surface area contributed by atoms with Gasteiger partial charge in [0, 0.05) is 10.7 Å². The van der Waals surface area contributed by atoms with Gasteiger partial charge in [0.15, 0.2) is 0 Å². The number of aliphatic hydroxyl groups excluding tert-OH is 1. The lowest BCUT2D eigenvalue weighted by Gasteiger charge is -1.94. The van der Waals surface area contributed by atoms with E-state index in [0.717, 1.165) is 4.47 Å². The summed E-state index contributed by atoms with van der Waals surface area (Å²) in [5.74, 6) is 0.541. The lowest BCUT2D eigenvalue weighted by atomic mass is 10.3. The molecule has 0 saturated carbocycles. The van der Waals surface area contributed by atoms with Gasteiger partial charge in [0.2, 0.25) is 5.82 Å². The Morgan fingerprint density at radius 2 is 2.36 bits per heavy atom. The van der Waals surface area contributed by atoms with Crippen molar-refractivity contribution in [3.05, 3.63) is 28.7 Å². The number of aromatic nitrogens is 3. The van der Waals surface area contributed by atoms with Gasteiger partial charge in [-0.05, 0) is 28.1 Å². The van der Waals surface area contributed by atoms with Gasteiger partial charge < -0.3 is 9.63 Å². The van der Waals surface area contributed by atoms with Crippen LogP contribution in [0.1, 0.15) is 5.89 Å². The lowest BCUT2D eigenvalue weighted by Crippen LogP contribution is -1.87. The number of hydrogen-bond donors (Lipinski definition) is 1. The summed E-state index contributed by atoms with van der Waals surface area (Å²) in [6.07, 6.45) is 1.63. The quantitative estimate of drug-likeness (QED) is 0.878. The topological polar surface area (TPSA) is 72.0 Å². The highest BCUT2D eigenvalue weighted by molar-refractivity contribution is 9.10. The summed E-state index contributed by atoms with van der Waals surface area (Å²) in [6.45, 7) is -0.266. The zero-order valence-electron chi connectivity index (χ0n) is 7.01. The third-order valence-electron chi connectivity index (χ3n) is 1.57. The van der Waals surface area contributed by atoms with E-state index >= 15 is 0 Å². The van der Waals surface area contributed by atoms with Crippen molar-refractivity contribution in [1.29, 1.82) is 0 Å². The molecule has 1 N–H and O–H groups in total. The molecule has 2 aromatic heterocycles. The highest BCUT2D eigenvalue weighted by atomic mass is 79.9. The minimum atomic E-state index is -0.266. The number of nitrogens with zero attached hydrogens (tertiary/aromatic N) is 3. The Bertz CT molecular complexity index is 444. The molecule has 2 aromatic rings. The third-order valence-corrected chi connectivity index (χ3v) is 2.21. The van der Waals surface area contributed by atoms with Gasteiger partial charge in [0.05, 0.1) is 0 Å². The Hall–Kier alpha value is -1.27. The molecule has 6 heteroatoms. The number of aliphatic hydroxyl groups is 1. The van der Waals surface area contributed by atoms with Crippen LogP contribution in [-0.4, -0.2) is 20.2 Å². The fourth-order valence-corrected chi connectivity index (χ4v) is 1.40. The predicted molar refractivity (Wildman–Crippen MR) is 51.2 cm³/mol. The molecule has 0 fully saturated rings. The van der Waals surface area contributed by atoms with Crippen molar-refractivity contribution in [3.63, 3.8) is 0 Å². The molecule has 0 unspecified atom stereocenters. The maximum absolute atomic E-state index is 8.74. The summed E-state index contributed by atoms with van der Waals surface area (Å²) in [5.41, 5.74) is 0.593. The number of rotatable bonds is 2. The van der Waals surface area contributed by atoms with Gasteiger partial charge in [0.25, 0.3) is 5.89 Å². The van der Waals surface area contributed by atoms with Crippen molar-refractivity contribution in [3.8, 4) is 11.5 Å². The zero-order valence-corrected chi connectivity index (χ0v) is 8.60. The normalized spacial score (nSPS) is 10.4. The second-order valence-corrected chi connectivity index (χ2v) is 3.36. The van der Waals surface area contributed by atoms with E-state index in [1.165, 1.54) is 0 Å². The first kappa shape index (κ1) is 9.29. The molecule has 0 bridgehead atoms. The van der Waals surface area contributed by atoms with Gasteiger partial charge in [0.1, 0.15) is 12.3 Å². The fourth-order valence-electron chi connectivity index (χ4n) is 0.965. The molecule has 0 saturated heterocycles. The maximum atomic E-state index is 8.74. The number of pyridine rings is 1. The molecule has 2 rings (SSSR count). The van der Waals surface area contributed by atoms with E-state index < -0.39 is 0 Å². The molecular formula is C8H6BrN3O2. The molecule has 0 aliphatic heterocycles. The van der Waals surface area contributed by atoms with Gasteiger partial charge in [-0.2, -0.15) is 4.98 Å². The molecule has 5 nitrogen and oxygen atoms in total. The van der Waals surface area contributed by atoms with Crippen molar-refractivity contribution >= 4 is 15.9 Å². The zero-order chi connectivity index (χ0) is 9.97. The summed E-state index contributed by atoms with van der Waals surface area (Å²) in [7, 11) is 0. The van der Waals surface area contributed by atoms with Crippen LogP contribution in [0, 0.1) is 0 Å². The molecule has 0 radical (unpaired) electrons. The second kappa shape index (κ2) is 3.85. The van der Waals surface area contributed by atoms with E-state index in [4.69, 9.17) is 9.63 Å². The van der Waals surface area contributed by atoms with Crippen LogP contribution in [0.3, 0.4) is 0 Å². The van der Waals surface area contributed by atoms with E-state index in [1.54, 1.807) is 12.3 Å². The fraction of sp³-hybridized carbons (Fsp3) is 0.125. The summed E-state index contributed by atoms with van der Waals surface area (Å²) in [6, 6.07) is 3.62. The SMILES string of the molecule is OCc1nc(-c2ncccc2Br)no1. The molecule has 72 valence electrons. The van der Waals surface area contributed by atoms with Crippen LogP contribution in [0.5, 0.6) is 0 Å². The second-order valence-electron chi connectivity index (χ2n) is 2.50. The molecule has 0 spiro atoms. The molecule has 0 aromatic carbocycles. The Morgan fingerprint density at radius 3 is 3.00 bits per heavy atom. The Balaban J connectivity index is 2.44. The molecule has 0 amide bonds. The van der Waals surface area contributed by atoms with Crippen molar-refractivity contribution in [2.45, 2.75) is 6.61 Å². The third kappa shape index (κ3) is 1.66. The van der Waals surface area contributed by atoms with Gasteiger partial charge in [-0.25, -0.2) is 0 Å². The van der Waals surface area contributed by atoms with Crippen molar-refractivity contribution in [1.82, 2.24) is 15.1 Å². The number of halogens is 1. The van der Waals surface area contributed by atoms with Crippen molar-refractivity contribution in [2.75, 3.05) is 0 Å². The smallest absolute Gasteiger partial charge is 0.252 e. The summed E-state index contributed by atoms with van der Waals surface area (Å²) >= 11 is 3.32. The van der Waals surface area contributed by atoms with Crippen LogP contribution < -0.4 is 0 Å². The Labute approximate surface area is 87.9 Å². The predicted octanol–water partition coefficient (Wildman–Crippen LogP) is 1.39. The molecule has 0 aliphatic carbocycles. The highest BCUT2D eigenvalue weighted by Gasteiger charge is 2.11. The van der Waals surface area contributed by atoms with Gasteiger partial charge in [-0.15, -0.1) is 0 Å². The van der Waals surface area contributed by atoms with Crippen LogP contribution in [-0.2, 0) is 6.61 Å². The monoisotopic (exact) mass is 255 g/mol. The summed E-state index contributed by atoms with van der Waals surface area (Å²) < 4.78 is 5.53. The van der Waals surface area contributed by atoms with Crippen molar-refractivity contribution < 1.29 is 9.63 Å². The van der Waals surface area contributed by atoms with Crippen molar-refractivity contribution in [2.24, 2.45) is 0 Å². The van der Waals surface area contributed by atoms with E-state index in [1.807, 2.05) is 6.07 Å². The number of hydrogen-bond acceptors (Lipinski definition) is 5. The highest BCUT2D eigenvalue weighted by Crippen LogP contribution is 2.22. The van der Waals surface area contributed by atoms with Crippen LogP contribution in [0.25, 0.3) is 11.5 Å².